The standard InChI is InChI=1S/C17H20O9/c1-25-12-4-2-9(6-10(12)18)3-5-14(20)26-13-8-17(24,16(22)23)7-11(19)15(13)21/h2-6,11,13,15,18-19,21,24H,7-8H2,1H3,(H,22,23)/t11-,13-,15-,17+/m1/s1. The number of carbonyl (C=O) groups is 2. The van der Waals surface area contributed by atoms with Gasteiger partial charge in [-0.25, -0.2) is 9.59 Å². The minimum atomic E-state index is -2.30. The third kappa shape index (κ3) is 4.31. The molecule has 0 aliphatic heterocycles. The van der Waals surface area contributed by atoms with Gasteiger partial charge in [0.05, 0.1) is 13.2 Å². The molecule has 0 aromatic heterocycles. The predicted octanol–water partition coefficient (Wildman–Crippen LogP) is -0.343. The largest absolute Gasteiger partial charge is 0.504 e. The van der Waals surface area contributed by atoms with Crippen molar-refractivity contribution in [3.8, 4) is 11.5 Å². The Kier molecular flexibility index (Phi) is 5.86. The Morgan fingerprint density at radius 3 is 2.54 bits per heavy atom. The van der Waals surface area contributed by atoms with Crippen molar-refractivity contribution in [2.24, 2.45) is 0 Å². The molecule has 0 saturated heterocycles. The molecule has 9 heteroatoms. The highest BCUT2D eigenvalue weighted by Crippen LogP contribution is 2.31. The number of carboxylic acid groups (broad SMARTS) is 1. The fraction of sp³-hybridized carbons (Fsp3) is 0.412. The van der Waals surface area contributed by atoms with Crippen molar-refractivity contribution < 1.29 is 44.6 Å². The number of esters is 1. The molecule has 0 spiro atoms. The first kappa shape index (κ1) is 19.7. The zero-order valence-electron chi connectivity index (χ0n) is 13.9. The van der Waals surface area contributed by atoms with E-state index >= 15 is 0 Å². The summed E-state index contributed by atoms with van der Waals surface area (Å²) in [7, 11) is 1.39. The van der Waals surface area contributed by atoms with E-state index in [-0.39, 0.29) is 11.5 Å². The summed E-state index contributed by atoms with van der Waals surface area (Å²) in [6.07, 6.45) is -3.24. The molecule has 26 heavy (non-hydrogen) atoms. The van der Waals surface area contributed by atoms with E-state index in [1.807, 2.05) is 0 Å². The van der Waals surface area contributed by atoms with Crippen LogP contribution in [0.15, 0.2) is 24.3 Å². The third-order valence-corrected chi connectivity index (χ3v) is 4.14. The van der Waals surface area contributed by atoms with Gasteiger partial charge >= 0.3 is 11.9 Å². The molecule has 0 bridgehead atoms. The number of phenolic OH excluding ortho intramolecular Hbond substituents is 1. The Morgan fingerprint density at radius 1 is 1.27 bits per heavy atom. The van der Waals surface area contributed by atoms with E-state index < -0.39 is 48.7 Å². The average Bonchev–Trinajstić information content (AvgIpc) is 2.57. The molecule has 1 saturated carbocycles. The molecular weight excluding hydrogens is 348 g/mol. The van der Waals surface area contributed by atoms with Crippen LogP contribution in [0.2, 0.25) is 0 Å². The second kappa shape index (κ2) is 7.73. The normalized spacial score (nSPS) is 28.7. The SMILES string of the molecule is COc1ccc(C=CC(=O)O[C@@H]2C[C@](O)(C(=O)O)C[C@@H](O)[C@H]2O)cc1O. The zero-order valence-corrected chi connectivity index (χ0v) is 13.9. The lowest BCUT2D eigenvalue weighted by Gasteiger charge is -2.39. The van der Waals surface area contributed by atoms with Gasteiger partial charge in [0.25, 0.3) is 0 Å². The highest BCUT2D eigenvalue weighted by atomic mass is 16.6. The van der Waals surface area contributed by atoms with E-state index in [1.54, 1.807) is 6.07 Å². The molecule has 0 amide bonds. The van der Waals surface area contributed by atoms with Crippen LogP contribution in [0.3, 0.4) is 0 Å². The molecule has 0 unspecified atom stereocenters. The number of hydrogen-bond donors (Lipinski definition) is 5. The topological polar surface area (TPSA) is 154 Å². The van der Waals surface area contributed by atoms with Gasteiger partial charge in [-0.2, -0.15) is 0 Å². The first-order chi connectivity index (χ1) is 12.2. The number of aliphatic hydroxyl groups is 3. The Balaban J connectivity index is 2.06. The number of aliphatic hydroxyl groups excluding tert-OH is 2. The first-order valence-corrected chi connectivity index (χ1v) is 7.74. The number of aromatic hydroxyl groups is 1. The Bertz CT molecular complexity index is 714. The van der Waals surface area contributed by atoms with Gasteiger partial charge in [0, 0.05) is 18.9 Å². The van der Waals surface area contributed by atoms with Crippen LogP contribution in [0.5, 0.6) is 11.5 Å². The number of hydrogen-bond acceptors (Lipinski definition) is 8. The maximum Gasteiger partial charge on any atom is 0.335 e. The lowest BCUT2D eigenvalue weighted by molar-refractivity contribution is -0.196. The van der Waals surface area contributed by atoms with Gasteiger partial charge in [-0.05, 0) is 23.8 Å². The summed E-state index contributed by atoms with van der Waals surface area (Å²) in [5.74, 6) is -2.35. The van der Waals surface area contributed by atoms with Gasteiger partial charge in [-0.1, -0.05) is 6.07 Å². The molecular formula is C17H20O9. The molecule has 1 aliphatic rings. The average molecular weight is 368 g/mol. The summed E-state index contributed by atoms with van der Waals surface area (Å²) >= 11 is 0. The number of carbonyl (C=O) groups excluding carboxylic acids is 1. The highest BCUT2D eigenvalue weighted by molar-refractivity contribution is 5.87. The van der Waals surface area contributed by atoms with Crippen LogP contribution in [0.25, 0.3) is 6.08 Å². The van der Waals surface area contributed by atoms with E-state index in [0.29, 0.717) is 5.56 Å². The minimum absolute atomic E-state index is 0.125. The summed E-state index contributed by atoms with van der Waals surface area (Å²) in [4.78, 5) is 23.0. The van der Waals surface area contributed by atoms with Crippen molar-refractivity contribution in [2.75, 3.05) is 7.11 Å². The molecule has 0 radical (unpaired) electrons. The van der Waals surface area contributed by atoms with Crippen molar-refractivity contribution in [1.82, 2.24) is 0 Å². The predicted molar refractivity (Wildman–Crippen MR) is 87.4 cm³/mol. The second-order valence-electron chi connectivity index (χ2n) is 6.04. The summed E-state index contributed by atoms with van der Waals surface area (Å²) in [5, 5.41) is 48.3. The summed E-state index contributed by atoms with van der Waals surface area (Å²) in [6, 6.07) is 4.42. The quantitative estimate of drug-likeness (QED) is 0.347. The van der Waals surface area contributed by atoms with E-state index in [9.17, 15) is 30.0 Å². The summed E-state index contributed by atoms with van der Waals surface area (Å²) < 4.78 is 9.87. The number of ether oxygens (including phenoxy) is 2. The molecule has 9 nitrogen and oxygen atoms in total. The summed E-state index contributed by atoms with van der Waals surface area (Å²) in [5.41, 5.74) is -1.83. The number of aliphatic carboxylic acids is 1. The van der Waals surface area contributed by atoms with Crippen LogP contribution in [-0.4, -0.2) is 68.5 Å². The highest BCUT2D eigenvalue weighted by Gasteiger charge is 2.50. The van der Waals surface area contributed by atoms with Crippen LogP contribution in [-0.2, 0) is 14.3 Å². The van der Waals surface area contributed by atoms with Crippen LogP contribution in [0.4, 0.5) is 0 Å². The maximum absolute atomic E-state index is 11.9. The number of methoxy groups -OCH3 is 1. The number of rotatable bonds is 5. The van der Waals surface area contributed by atoms with Crippen LogP contribution < -0.4 is 4.74 Å². The smallest absolute Gasteiger partial charge is 0.335 e. The fourth-order valence-electron chi connectivity index (χ4n) is 2.70. The fourth-order valence-corrected chi connectivity index (χ4v) is 2.70. The second-order valence-corrected chi connectivity index (χ2v) is 6.04. The molecule has 4 atom stereocenters. The molecule has 1 aromatic rings. The van der Waals surface area contributed by atoms with Gasteiger partial charge in [-0.3, -0.25) is 0 Å². The maximum atomic E-state index is 11.9. The van der Waals surface area contributed by atoms with E-state index in [4.69, 9.17) is 14.6 Å². The minimum Gasteiger partial charge on any atom is -0.504 e. The van der Waals surface area contributed by atoms with Crippen LogP contribution in [0.1, 0.15) is 18.4 Å². The Morgan fingerprint density at radius 2 is 1.96 bits per heavy atom. The molecule has 1 aliphatic carbocycles. The van der Waals surface area contributed by atoms with Gasteiger partial charge in [0.15, 0.2) is 17.1 Å². The van der Waals surface area contributed by atoms with Crippen molar-refractivity contribution >= 4 is 18.0 Å². The first-order valence-electron chi connectivity index (χ1n) is 7.74. The monoisotopic (exact) mass is 368 g/mol. The lowest BCUT2D eigenvalue weighted by atomic mass is 9.79. The Hall–Kier alpha value is -2.62. The number of carboxylic acids is 1. The summed E-state index contributed by atoms with van der Waals surface area (Å²) in [6.45, 7) is 0. The van der Waals surface area contributed by atoms with Crippen LogP contribution >= 0.6 is 0 Å². The molecule has 142 valence electrons. The van der Waals surface area contributed by atoms with Gasteiger partial charge in [0.1, 0.15) is 12.2 Å². The number of benzene rings is 1. The van der Waals surface area contributed by atoms with Gasteiger partial charge in [-0.15, -0.1) is 0 Å². The van der Waals surface area contributed by atoms with Crippen molar-refractivity contribution in [3.63, 3.8) is 0 Å². The lowest BCUT2D eigenvalue weighted by Crippen LogP contribution is -2.57. The molecule has 0 heterocycles. The van der Waals surface area contributed by atoms with E-state index in [1.165, 1.54) is 25.3 Å². The molecule has 5 N–H and O–H groups in total. The van der Waals surface area contributed by atoms with E-state index in [0.717, 1.165) is 6.08 Å². The van der Waals surface area contributed by atoms with Crippen molar-refractivity contribution in [1.29, 1.82) is 0 Å². The van der Waals surface area contributed by atoms with Gasteiger partial charge < -0.3 is 35.0 Å². The third-order valence-electron chi connectivity index (χ3n) is 4.14. The van der Waals surface area contributed by atoms with Crippen molar-refractivity contribution in [2.45, 2.75) is 36.8 Å². The molecule has 1 fully saturated rings. The van der Waals surface area contributed by atoms with Gasteiger partial charge in [0.2, 0.25) is 0 Å². The zero-order chi connectivity index (χ0) is 19.5. The van der Waals surface area contributed by atoms with Crippen molar-refractivity contribution in [3.05, 3.63) is 29.8 Å². The Labute approximate surface area is 148 Å². The number of phenols is 1. The van der Waals surface area contributed by atoms with Crippen LogP contribution in [0, 0.1) is 0 Å². The van der Waals surface area contributed by atoms with E-state index in [2.05, 4.69) is 0 Å². The molecule has 2 rings (SSSR count). The molecule has 1 aromatic carbocycles.